The van der Waals surface area contributed by atoms with Gasteiger partial charge in [0, 0.05) is 0 Å². The van der Waals surface area contributed by atoms with E-state index >= 15 is 0 Å². The van der Waals surface area contributed by atoms with Gasteiger partial charge in [-0.15, -0.1) is 0 Å². The highest BCUT2D eigenvalue weighted by Crippen LogP contribution is 1.82. The van der Waals surface area contributed by atoms with Gasteiger partial charge in [-0.05, 0) is 0 Å². The first-order chi connectivity index (χ1) is 16.4. The molecule has 0 aromatic rings. The Labute approximate surface area is 203 Å². The molecule has 0 aromatic heterocycles. The van der Waals surface area contributed by atoms with Gasteiger partial charge in [0.15, 0.2) is 0 Å². The van der Waals surface area contributed by atoms with E-state index in [-0.39, 0.29) is 5.48 Å². The van der Waals surface area contributed by atoms with Crippen LogP contribution in [0.3, 0.4) is 0 Å². The Morgan fingerprint density at radius 1 is 0.400 bits per heavy atom. The van der Waals surface area contributed by atoms with Gasteiger partial charge >= 0.3 is 0 Å². The molecule has 0 saturated carbocycles. The zero-order valence-corrected chi connectivity index (χ0v) is 20.0. The molecule has 3 heterocycles. The van der Waals surface area contributed by atoms with Gasteiger partial charge < -0.3 is 74.3 Å². The third-order valence-corrected chi connectivity index (χ3v) is 4.72. The van der Waals surface area contributed by atoms with Crippen molar-refractivity contribution in [1.82, 2.24) is 0 Å². The van der Waals surface area contributed by atoms with E-state index in [4.69, 9.17) is 59.1 Å². The Kier molecular flexibility index (Phi) is 26.8. The maximum atomic E-state index is 8.25. The molecule has 0 atom stereocenters. The lowest BCUT2D eigenvalue weighted by Gasteiger charge is -2.22. The van der Waals surface area contributed by atoms with E-state index in [1.54, 1.807) is 0 Å². The van der Waals surface area contributed by atoms with Gasteiger partial charge in [-0.1, -0.05) is 0 Å². The second-order valence-electron chi connectivity index (χ2n) is 7.12. The van der Waals surface area contributed by atoms with E-state index in [0.717, 1.165) is 78.9 Å². The summed E-state index contributed by atoms with van der Waals surface area (Å²) in [7, 11) is 0. The van der Waals surface area contributed by atoms with Crippen LogP contribution in [0.15, 0.2) is 0 Å². The zero-order chi connectivity index (χ0) is 25.3. The summed E-state index contributed by atoms with van der Waals surface area (Å²) in [6.45, 7) is 14.1. The molecular formula is C18H40N4O13. The second kappa shape index (κ2) is 26.6. The molecule has 2 bridgehead atoms. The molecule has 0 aliphatic carbocycles. The van der Waals surface area contributed by atoms with Crippen LogP contribution in [-0.2, 0) is 28.4 Å². The highest BCUT2D eigenvalue weighted by molar-refractivity contribution is 4.41. The maximum absolute atomic E-state index is 8.25. The first-order valence-corrected chi connectivity index (χ1v) is 11.2. The number of rotatable bonds is 0. The van der Waals surface area contributed by atoms with Crippen LogP contribution in [0.4, 0.5) is 0 Å². The number of ether oxygens (including phenoxy) is 6. The van der Waals surface area contributed by atoms with Gasteiger partial charge in [0.05, 0.1) is 89.5 Å². The lowest BCUT2D eigenvalue weighted by atomic mass is 10.4. The van der Waals surface area contributed by atoms with Crippen LogP contribution in [0.25, 0.3) is 0 Å². The quantitative estimate of drug-likeness (QED) is 0.228. The minimum atomic E-state index is -1.75. The van der Waals surface area contributed by atoms with E-state index in [2.05, 4.69) is 0 Å². The molecule has 3 aliphatic heterocycles. The molecule has 0 unspecified atom stereocenters. The fourth-order valence-corrected chi connectivity index (χ4v) is 3.01. The van der Waals surface area contributed by atoms with E-state index in [1.807, 2.05) is 0 Å². The van der Waals surface area contributed by atoms with E-state index in [9.17, 15) is 0 Å². The molecule has 3 aliphatic rings. The molecular weight excluding hydrogens is 480 g/mol. The summed E-state index contributed by atoms with van der Waals surface area (Å²) in [5, 5.41) is 29.5. The summed E-state index contributed by atoms with van der Waals surface area (Å²) < 4.78 is 34.4. The van der Waals surface area contributed by atoms with Crippen LogP contribution in [0.2, 0.25) is 0 Å². The molecule has 0 radical (unpaired) electrons. The molecule has 3 saturated heterocycles. The topological polar surface area (TPSA) is 228 Å². The summed E-state index contributed by atoms with van der Waals surface area (Å²) in [6.07, 6.45) is 0. The molecule has 0 spiro atoms. The van der Waals surface area contributed by atoms with Gasteiger partial charge in [0.2, 0.25) is 0 Å². The summed E-state index contributed by atoms with van der Waals surface area (Å²) in [6, 6.07) is 0. The third kappa shape index (κ3) is 30.0. The van der Waals surface area contributed by atoms with Gasteiger partial charge in [0.25, 0.3) is 0 Å². The van der Waals surface area contributed by atoms with Gasteiger partial charge in [-0.2, -0.15) is 0 Å². The molecule has 210 valence electrons. The highest BCUT2D eigenvalue weighted by Gasteiger charge is 2.11. The van der Waals surface area contributed by atoms with Crippen LogP contribution < -0.4 is 9.80 Å². The standard InChI is InChI=1S/C18H36N2O6.2NO3.H2O/c1-7-21-13-14-24-10-4-20-5-11-25-17-15-22-8-2-19(1)3-9-23-16-18-26-12-6-20;2*2-1(3)4;/h1-18H2;;;1H2/q;2*-1;/p+2. The molecule has 0 aromatic carbocycles. The second-order valence-corrected chi connectivity index (χ2v) is 7.12. The number of hydrogen-bond donors (Lipinski definition) is 2. The van der Waals surface area contributed by atoms with E-state index in [0.29, 0.717) is 39.6 Å². The summed E-state index contributed by atoms with van der Waals surface area (Å²) in [4.78, 5) is 19.4. The highest BCUT2D eigenvalue weighted by atomic mass is 16.9. The van der Waals surface area contributed by atoms with Crippen molar-refractivity contribution in [3.8, 4) is 0 Å². The Hall–Kier alpha value is -1.96. The van der Waals surface area contributed by atoms with Crippen LogP contribution in [0, 0.1) is 30.6 Å². The van der Waals surface area contributed by atoms with Crippen LogP contribution in [0.5, 0.6) is 0 Å². The van der Waals surface area contributed by atoms with Crippen LogP contribution in [-0.4, -0.2) is 134 Å². The lowest BCUT2D eigenvalue weighted by Crippen LogP contribution is -3.13. The smallest absolute Gasteiger partial charge is 0.101 e. The van der Waals surface area contributed by atoms with Crippen molar-refractivity contribution in [2.45, 2.75) is 0 Å². The Balaban J connectivity index is 0. The average molecular weight is 521 g/mol. The van der Waals surface area contributed by atoms with Gasteiger partial charge in [-0.3, -0.25) is 0 Å². The van der Waals surface area contributed by atoms with Crippen molar-refractivity contribution >= 4 is 0 Å². The number of fused-ring (bicyclic) bond motifs is 21. The maximum Gasteiger partial charge on any atom is 0.101 e. The van der Waals surface area contributed by atoms with Crippen molar-refractivity contribution in [3.05, 3.63) is 30.6 Å². The predicted molar refractivity (Wildman–Crippen MR) is 120 cm³/mol. The van der Waals surface area contributed by atoms with Crippen molar-refractivity contribution in [3.63, 3.8) is 0 Å². The molecule has 17 heteroatoms. The molecule has 17 nitrogen and oxygen atoms in total. The van der Waals surface area contributed by atoms with Crippen molar-refractivity contribution in [2.75, 3.05) is 119 Å². The predicted octanol–water partition coefficient (Wildman–Crippen LogP) is -4.42. The molecule has 0 amide bonds. The summed E-state index contributed by atoms with van der Waals surface area (Å²) in [5.41, 5.74) is 0. The van der Waals surface area contributed by atoms with Crippen molar-refractivity contribution < 1.29 is 53.9 Å². The normalized spacial score (nSPS) is 24.0. The lowest BCUT2D eigenvalue weighted by molar-refractivity contribution is -0.902. The molecule has 35 heavy (non-hydrogen) atoms. The number of hydrogen-bond acceptors (Lipinski definition) is 12. The largest absolute Gasteiger partial charge is 0.412 e. The Morgan fingerprint density at radius 2 is 0.543 bits per heavy atom. The van der Waals surface area contributed by atoms with Gasteiger partial charge in [-0.25, -0.2) is 0 Å². The minimum Gasteiger partial charge on any atom is -0.412 e. The van der Waals surface area contributed by atoms with Gasteiger partial charge in [0.1, 0.15) is 39.3 Å². The van der Waals surface area contributed by atoms with Crippen LogP contribution in [0.1, 0.15) is 0 Å². The molecule has 3 rings (SSSR count). The SMILES string of the molecule is C1COCC[NH+]2CCOCCOCC[NH+](CCO1)CCOCCOCC2.O.O=[N+]([O-])[O-].O=[N+]([O-])[O-]. The number of quaternary nitrogens is 2. The fourth-order valence-electron chi connectivity index (χ4n) is 3.01. The van der Waals surface area contributed by atoms with Crippen LogP contribution >= 0.6 is 0 Å². The summed E-state index contributed by atoms with van der Waals surface area (Å²) in [5.74, 6) is 0. The van der Waals surface area contributed by atoms with E-state index in [1.165, 1.54) is 9.80 Å². The molecule has 4 N–H and O–H groups in total. The van der Waals surface area contributed by atoms with E-state index < -0.39 is 10.2 Å². The number of nitrogens with one attached hydrogen (secondary N) is 2. The first-order valence-electron chi connectivity index (χ1n) is 11.2. The Bertz CT molecular complexity index is 396. The van der Waals surface area contributed by atoms with Crippen molar-refractivity contribution in [1.29, 1.82) is 0 Å². The fraction of sp³-hybridized carbons (Fsp3) is 1.00. The monoisotopic (exact) mass is 520 g/mol. The third-order valence-electron chi connectivity index (χ3n) is 4.72. The Morgan fingerprint density at radius 3 is 0.686 bits per heavy atom. The van der Waals surface area contributed by atoms with Crippen molar-refractivity contribution in [2.24, 2.45) is 0 Å². The number of nitrogens with zero attached hydrogens (tertiary/aromatic N) is 2. The summed E-state index contributed by atoms with van der Waals surface area (Å²) >= 11 is 0. The average Bonchev–Trinajstić information content (AvgIpc) is 2.76. The zero-order valence-electron chi connectivity index (χ0n) is 20.0. The minimum absolute atomic E-state index is 0. The molecule has 3 fully saturated rings. The first kappa shape index (κ1) is 35.2.